The highest BCUT2D eigenvalue weighted by Crippen LogP contribution is 2.32. The Hall–Kier alpha value is -1.58. The zero-order chi connectivity index (χ0) is 14.0. The van der Waals surface area contributed by atoms with Gasteiger partial charge in [0.25, 0.3) is 0 Å². The maximum absolute atomic E-state index is 13.5. The fourth-order valence-corrected chi connectivity index (χ4v) is 2.03. The van der Waals surface area contributed by atoms with Crippen LogP contribution in [-0.4, -0.2) is 12.2 Å². The number of benzene rings is 2. The number of methoxy groups -OCH3 is 1. The smallest absolute Gasteiger partial charge is 0.126 e. The molecular weight excluding hydrogens is 267 g/mol. The molecule has 0 saturated heterocycles. The van der Waals surface area contributed by atoms with Crippen LogP contribution in [0, 0.1) is 12.7 Å². The van der Waals surface area contributed by atoms with Gasteiger partial charge in [-0.3, -0.25) is 0 Å². The first-order valence-electron chi connectivity index (χ1n) is 5.80. The highest BCUT2D eigenvalue weighted by Gasteiger charge is 2.16. The molecule has 2 nitrogen and oxygen atoms in total. The van der Waals surface area contributed by atoms with Gasteiger partial charge in [-0.1, -0.05) is 29.8 Å². The number of aliphatic hydroxyl groups excluding tert-OH is 1. The average Bonchev–Trinajstić information content (AvgIpc) is 2.41. The number of aryl methyl sites for hydroxylation is 1. The average molecular weight is 281 g/mol. The van der Waals surface area contributed by atoms with E-state index < -0.39 is 6.10 Å². The van der Waals surface area contributed by atoms with E-state index in [0.29, 0.717) is 27.5 Å². The van der Waals surface area contributed by atoms with E-state index in [0.717, 1.165) is 0 Å². The number of aliphatic hydroxyl groups is 1. The highest BCUT2D eigenvalue weighted by atomic mass is 35.5. The maximum Gasteiger partial charge on any atom is 0.126 e. The molecule has 1 unspecified atom stereocenters. The van der Waals surface area contributed by atoms with E-state index in [9.17, 15) is 9.50 Å². The molecular formula is C15H14ClFO2. The third-order valence-corrected chi connectivity index (χ3v) is 3.24. The van der Waals surface area contributed by atoms with Gasteiger partial charge in [0.1, 0.15) is 17.7 Å². The monoisotopic (exact) mass is 280 g/mol. The van der Waals surface area contributed by atoms with E-state index in [2.05, 4.69) is 0 Å². The summed E-state index contributed by atoms with van der Waals surface area (Å²) in [5.41, 5.74) is 1.57. The Bertz CT molecular complexity index is 599. The van der Waals surface area contributed by atoms with Crippen molar-refractivity contribution in [2.24, 2.45) is 0 Å². The first-order chi connectivity index (χ1) is 9.02. The summed E-state index contributed by atoms with van der Waals surface area (Å²) < 4.78 is 18.7. The van der Waals surface area contributed by atoms with Gasteiger partial charge in [-0.2, -0.15) is 0 Å². The molecule has 0 heterocycles. The Kier molecular flexibility index (Phi) is 4.08. The van der Waals surface area contributed by atoms with Crippen molar-refractivity contribution in [3.63, 3.8) is 0 Å². The van der Waals surface area contributed by atoms with E-state index in [-0.39, 0.29) is 5.82 Å². The molecule has 0 aromatic heterocycles. The Morgan fingerprint density at radius 3 is 2.58 bits per heavy atom. The summed E-state index contributed by atoms with van der Waals surface area (Å²) in [6.45, 7) is 1.67. The van der Waals surface area contributed by atoms with Crippen molar-refractivity contribution < 1.29 is 14.2 Å². The summed E-state index contributed by atoms with van der Waals surface area (Å²) in [6, 6.07) is 9.60. The topological polar surface area (TPSA) is 29.5 Å². The van der Waals surface area contributed by atoms with Crippen molar-refractivity contribution >= 4 is 11.6 Å². The second-order valence-corrected chi connectivity index (χ2v) is 4.73. The summed E-state index contributed by atoms with van der Waals surface area (Å²) in [6.07, 6.45) is -0.956. The molecule has 0 aliphatic heterocycles. The molecule has 2 aromatic rings. The Morgan fingerprint density at radius 2 is 1.95 bits per heavy atom. The first-order valence-corrected chi connectivity index (χ1v) is 6.18. The second-order valence-electron chi connectivity index (χ2n) is 4.30. The lowest BCUT2D eigenvalue weighted by atomic mass is 9.99. The number of rotatable bonds is 3. The molecule has 19 heavy (non-hydrogen) atoms. The van der Waals surface area contributed by atoms with Crippen molar-refractivity contribution in [1.82, 2.24) is 0 Å². The lowest BCUT2D eigenvalue weighted by Crippen LogP contribution is -2.03. The van der Waals surface area contributed by atoms with Crippen LogP contribution in [0.5, 0.6) is 5.75 Å². The van der Waals surface area contributed by atoms with Crippen LogP contribution >= 0.6 is 11.6 Å². The van der Waals surface area contributed by atoms with E-state index in [4.69, 9.17) is 16.3 Å². The fourth-order valence-electron chi connectivity index (χ4n) is 1.87. The molecule has 0 fully saturated rings. The second kappa shape index (κ2) is 5.59. The molecule has 2 rings (SSSR count). The molecule has 0 saturated carbocycles. The van der Waals surface area contributed by atoms with E-state index in [1.54, 1.807) is 37.3 Å². The molecule has 0 spiro atoms. The van der Waals surface area contributed by atoms with Gasteiger partial charge in [-0.15, -0.1) is 0 Å². The van der Waals surface area contributed by atoms with Gasteiger partial charge in [0.2, 0.25) is 0 Å². The molecule has 0 bridgehead atoms. The summed E-state index contributed by atoms with van der Waals surface area (Å²) in [7, 11) is 1.50. The fraction of sp³-hybridized carbons (Fsp3) is 0.200. The zero-order valence-electron chi connectivity index (χ0n) is 10.7. The minimum atomic E-state index is -0.956. The molecule has 0 radical (unpaired) electrons. The standard InChI is InChI=1S/C15H14ClFO2/c1-9-3-4-10(7-13(9)17)15(18)12-6-5-11(16)8-14(12)19-2/h3-8,15,18H,1-2H3. The lowest BCUT2D eigenvalue weighted by molar-refractivity contribution is 0.214. The Labute approximate surface area is 116 Å². The lowest BCUT2D eigenvalue weighted by Gasteiger charge is -2.16. The molecule has 4 heteroatoms. The van der Waals surface area contributed by atoms with Gasteiger partial charge in [0.05, 0.1) is 7.11 Å². The molecule has 1 atom stereocenters. The molecule has 0 amide bonds. The van der Waals surface area contributed by atoms with Gasteiger partial charge >= 0.3 is 0 Å². The van der Waals surface area contributed by atoms with Crippen LogP contribution < -0.4 is 4.74 Å². The van der Waals surface area contributed by atoms with Gasteiger partial charge in [-0.05, 0) is 36.2 Å². The quantitative estimate of drug-likeness (QED) is 0.924. The molecule has 100 valence electrons. The van der Waals surface area contributed by atoms with Gasteiger partial charge in [0.15, 0.2) is 0 Å². The summed E-state index contributed by atoms with van der Waals surface area (Å²) in [5, 5.41) is 10.8. The van der Waals surface area contributed by atoms with Crippen molar-refractivity contribution in [1.29, 1.82) is 0 Å². The number of halogens is 2. The Morgan fingerprint density at radius 1 is 1.21 bits per heavy atom. The SMILES string of the molecule is COc1cc(Cl)ccc1C(O)c1ccc(C)c(F)c1. The summed E-state index contributed by atoms with van der Waals surface area (Å²) >= 11 is 5.87. The van der Waals surface area contributed by atoms with Crippen molar-refractivity contribution in [2.45, 2.75) is 13.0 Å². The number of ether oxygens (including phenoxy) is 1. The number of hydrogen-bond acceptors (Lipinski definition) is 2. The van der Waals surface area contributed by atoms with E-state index in [1.807, 2.05) is 0 Å². The van der Waals surface area contributed by atoms with Crippen molar-refractivity contribution in [3.05, 3.63) is 63.9 Å². The van der Waals surface area contributed by atoms with Crippen molar-refractivity contribution in [2.75, 3.05) is 7.11 Å². The van der Waals surface area contributed by atoms with Gasteiger partial charge < -0.3 is 9.84 Å². The first kappa shape index (κ1) is 13.8. The minimum absolute atomic E-state index is 0.343. The summed E-state index contributed by atoms with van der Waals surface area (Å²) in [4.78, 5) is 0. The van der Waals surface area contributed by atoms with Crippen LogP contribution in [0.2, 0.25) is 5.02 Å². The van der Waals surface area contributed by atoms with Crippen LogP contribution in [0.3, 0.4) is 0 Å². The van der Waals surface area contributed by atoms with E-state index >= 15 is 0 Å². The molecule has 1 N–H and O–H groups in total. The third-order valence-electron chi connectivity index (χ3n) is 3.00. The molecule has 0 aliphatic carbocycles. The van der Waals surface area contributed by atoms with Gasteiger partial charge in [0, 0.05) is 10.6 Å². The largest absolute Gasteiger partial charge is 0.496 e. The zero-order valence-corrected chi connectivity index (χ0v) is 11.4. The molecule has 2 aromatic carbocycles. The van der Waals surface area contributed by atoms with Crippen LogP contribution in [-0.2, 0) is 0 Å². The Balaban J connectivity index is 2.43. The van der Waals surface area contributed by atoms with Crippen LogP contribution in [0.15, 0.2) is 36.4 Å². The van der Waals surface area contributed by atoms with Gasteiger partial charge in [-0.25, -0.2) is 4.39 Å². The maximum atomic E-state index is 13.5. The van der Waals surface area contributed by atoms with Crippen LogP contribution in [0.25, 0.3) is 0 Å². The summed E-state index contributed by atoms with van der Waals surface area (Å²) in [5.74, 6) is 0.130. The highest BCUT2D eigenvalue weighted by molar-refractivity contribution is 6.30. The third kappa shape index (κ3) is 2.88. The molecule has 0 aliphatic rings. The normalized spacial score (nSPS) is 12.3. The number of hydrogen-bond donors (Lipinski definition) is 1. The minimum Gasteiger partial charge on any atom is -0.496 e. The predicted octanol–water partition coefficient (Wildman–Crippen LogP) is 3.88. The van der Waals surface area contributed by atoms with Crippen molar-refractivity contribution in [3.8, 4) is 5.75 Å². The van der Waals surface area contributed by atoms with Crippen LogP contribution in [0.4, 0.5) is 4.39 Å². The van der Waals surface area contributed by atoms with Crippen LogP contribution in [0.1, 0.15) is 22.8 Å². The predicted molar refractivity (Wildman–Crippen MR) is 73.2 cm³/mol. The van der Waals surface area contributed by atoms with E-state index in [1.165, 1.54) is 13.2 Å².